The van der Waals surface area contributed by atoms with Gasteiger partial charge in [0.25, 0.3) is 5.69 Å². The summed E-state index contributed by atoms with van der Waals surface area (Å²) >= 11 is 5.51. The number of nitrogens with zero attached hydrogens (tertiary/aromatic N) is 1. The zero-order valence-electron chi connectivity index (χ0n) is 9.74. The van der Waals surface area contributed by atoms with Crippen molar-refractivity contribution < 1.29 is 9.31 Å². The molecule has 0 heterocycles. The van der Waals surface area contributed by atoms with E-state index in [9.17, 15) is 14.5 Å². The molecular formula is C12H12ClFN2O2. The molecule has 4 nitrogen and oxygen atoms in total. The summed E-state index contributed by atoms with van der Waals surface area (Å²) in [4.78, 5) is 10.2. The van der Waals surface area contributed by atoms with Gasteiger partial charge in [-0.2, -0.15) is 0 Å². The monoisotopic (exact) mass is 270 g/mol. The van der Waals surface area contributed by atoms with E-state index >= 15 is 0 Å². The van der Waals surface area contributed by atoms with Crippen LogP contribution in [0.25, 0.3) is 0 Å². The molecule has 0 amide bonds. The Balaban J connectivity index is 3.11. The van der Waals surface area contributed by atoms with Gasteiger partial charge in [0.15, 0.2) is 0 Å². The second-order valence-corrected chi connectivity index (χ2v) is 4.10. The Labute approximate surface area is 109 Å². The smallest absolute Gasteiger partial charge is 0.294 e. The van der Waals surface area contributed by atoms with Gasteiger partial charge >= 0.3 is 0 Å². The first-order valence-corrected chi connectivity index (χ1v) is 5.73. The van der Waals surface area contributed by atoms with E-state index in [1.54, 1.807) is 0 Å². The molecule has 0 bridgehead atoms. The molecule has 0 aliphatic heterocycles. The van der Waals surface area contributed by atoms with E-state index in [4.69, 9.17) is 18.0 Å². The number of nitrogens with one attached hydrogen (secondary N) is 1. The minimum absolute atomic E-state index is 0.0401. The highest BCUT2D eigenvalue weighted by Crippen LogP contribution is 2.31. The number of hydrogen-bond donors (Lipinski definition) is 1. The molecule has 18 heavy (non-hydrogen) atoms. The van der Waals surface area contributed by atoms with Crippen LogP contribution in [0.4, 0.5) is 15.8 Å². The summed E-state index contributed by atoms with van der Waals surface area (Å²) in [6.07, 6.45) is 6.75. The lowest BCUT2D eigenvalue weighted by molar-refractivity contribution is -0.384. The van der Waals surface area contributed by atoms with Gasteiger partial charge in [0.2, 0.25) is 0 Å². The van der Waals surface area contributed by atoms with Crippen LogP contribution in [0, 0.1) is 28.3 Å². The molecule has 6 heteroatoms. The number of nitro groups is 1. The molecule has 0 saturated carbocycles. The van der Waals surface area contributed by atoms with Crippen LogP contribution in [0.5, 0.6) is 0 Å². The summed E-state index contributed by atoms with van der Waals surface area (Å²) in [5.41, 5.74) is -0.254. The van der Waals surface area contributed by atoms with Crippen LogP contribution < -0.4 is 5.32 Å². The van der Waals surface area contributed by atoms with Gasteiger partial charge in [0.1, 0.15) is 11.5 Å². The zero-order valence-corrected chi connectivity index (χ0v) is 10.5. The van der Waals surface area contributed by atoms with Crippen LogP contribution in [0.1, 0.15) is 19.8 Å². The predicted molar refractivity (Wildman–Crippen MR) is 69.2 cm³/mol. The van der Waals surface area contributed by atoms with Crippen molar-refractivity contribution in [2.75, 3.05) is 5.32 Å². The molecule has 1 N–H and O–H groups in total. The highest BCUT2D eigenvalue weighted by molar-refractivity contribution is 6.31. The normalized spacial score (nSPS) is 11.7. The molecule has 0 aliphatic carbocycles. The van der Waals surface area contributed by atoms with Crippen molar-refractivity contribution in [3.8, 4) is 12.3 Å². The fraction of sp³-hybridized carbons (Fsp3) is 0.333. The molecule has 1 aromatic carbocycles. The van der Waals surface area contributed by atoms with Crippen molar-refractivity contribution in [1.82, 2.24) is 0 Å². The van der Waals surface area contributed by atoms with Crippen LogP contribution in [0.15, 0.2) is 12.1 Å². The number of nitro benzene ring substituents is 1. The number of rotatable bonds is 5. The number of anilines is 1. The number of halogens is 2. The highest BCUT2D eigenvalue weighted by atomic mass is 35.5. The van der Waals surface area contributed by atoms with Gasteiger partial charge in [-0.1, -0.05) is 30.9 Å². The predicted octanol–water partition coefficient (Wildman–Crippen LogP) is 3.60. The summed E-state index contributed by atoms with van der Waals surface area (Å²) in [5, 5.41) is 13.3. The van der Waals surface area contributed by atoms with Gasteiger partial charge in [0, 0.05) is 12.1 Å². The van der Waals surface area contributed by atoms with Crippen molar-refractivity contribution >= 4 is 23.0 Å². The molecule has 96 valence electrons. The lowest BCUT2D eigenvalue weighted by Crippen LogP contribution is -2.17. The van der Waals surface area contributed by atoms with Crippen LogP contribution in [-0.2, 0) is 0 Å². The second kappa shape index (κ2) is 6.22. The SMILES string of the molecule is C#CC(CCC)Nc1cc(F)c(Cl)cc1[N+](=O)[O-]. The average molecular weight is 271 g/mol. The van der Waals surface area contributed by atoms with Crippen molar-refractivity contribution in [3.05, 3.63) is 33.1 Å². The minimum atomic E-state index is -0.725. The highest BCUT2D eigenvalue weighted by Gasteiger charge is 2.19. The molecule has 0 spiro atoms. The molecule has 1 rings (SSSR count). The van der Waals surface area contributed by atoms with Gasteiger partial charge < -0.3 is 5.32 Å². The van der Waals surface area contributed by atoms with E-state index in [1.807, 2.05) is 6.92 Å². The maximum atomic E-state index is 13.3. The van der Waals surface area contributed by atoms with Gasteiger partial charge in [-0.05, 0) is 6.42 Å². The number of terminal acetylenes is 1. The van der Waals surface area contributed by atoms with Crippen molar-refractivity contribution in [2.45, 2.75) is 25.8 Å². The molecule has 0 fully saturated rings. The van der Waals surface area contributed by atoms with E-state index in [0.29, 0.717) is 6.42 Å². The van der Waals surface area contributed by atoms with Gasteiger partial charge in [-0.15, -0.1) is 6.42 Å². The molecule has 0 aromatic heterocycles. The second-order valence-electron chi connectivity index (χ2n) is 3.69. The molecule has 0 radical (unpaired) electrons. The van der Waals surface area contributed by atoms with E-state index in [0.717, 1.165) is 18.6 Å². The van der Waals surface area contributed by atoms with Crippen LogP contribution >= 0.6 is 11.6 Å². The van der Waals surface area contributed by atoms with Crippen LogP contribution in [0.2, 0.25) is 5.02 Å². The van der Waals surface area contributed by atoms with Gasteiger partial charge in [-0.25, -0.2) is 4.39 Å². The standard InChI is InChI=1S/C12H12ClFN2O2/c1-3-5-8(4-2)15-11-7-10(14)9(13)6-12(11)16(17)18/h2,6-8,15H,3,5H2,1H3. The number of hydrogen-bond acceptors (Lipinski definition) is 3. The maximum absolute atomic E-state index is 13.3. The van der Waals surface area contributed by atoms with E-state index in [-0.39, 0.29) is 22.4 Å². The number of benzene rings is 1. The Morgan fingerprint density at radius 3 is 2.83 bits per heavy atom. The fourth-order valence-corrected chi connectivity index (χ4v) is 1.63. The van der Waals surface area contributed by atoms with Crippen molar-refractivity contribution in [1.29, 1.82) is 0 Å². The van der Waals surface area contributed by atoms with Crippen molar-refractivity contribution in [3.63, 3.8) is 0 Å². The zero-order chi connectivity index (χ0) is 13.7. The third kappa shape index (κ3) is 3.34. The third-order valence-corrected chi connectivity index (χ3v) is 2.63. The summed E-state index contributed by atoms with van der Waals surface area (Å²) < 4.78 is 13.3. The Morgan fingerprint density at radius 1 is 1.67 bits per heavy atom. The molecule has 0 aliphatic rings. The Hall–Kier alpha value is -1.80. The third-order valence-electron chi connectivity index (χ3n) is 2.34. The quantitative estimate of drug-likeness (QED) is 0.505. The van der Waals surface area contributed by atoms with Gasteiger partial charge in [-0.3, -0.25) is 10.1 Å². The summed E-state index contributed by atoms with van der Waals surface area (Å²) in [6, 6.07) is 1.58. The lowest BCUT2D eigenvalue weighted by atomic mass is 10.1. The Bertz CT molecular complexity index is 500. The lowest BCUT2D eigenvalue weighted by Gasteiger charge is -2.13. The minimum Gasteiger partial charge on any atom is -0.366 e. The maximum Gasteiger partial charge on any atom is 0.294 e. The molecule has 0 saturated heterocycles. The molecule has 1 aromatic rings. The van der Waals surface area contributed by atoms with Crippen molar-refractivity contribution in [2.24, 2.45) is 0 Å². The first kappa shape index (κ1) is 14.3. The van der Waals surface area contributed by atoms with E-state index < -0.39 is 10.7 Å². The Morgan fingerprint density at radius 2 is 2.33 bits per heavy atom. The van der Waals surface area contributed by atoms with Crippen LogP contribution in [-0.4, -0.2) is 11.0 Å². The first-order valence-electron chi connectivity index (χ1n) is 5.35. The average Bonchev–Trinajstić information content (AvgIpc) is 2.32. The van der Waals surface area contributed by atoms with Gasteiger partial charge in [0.05, 0.1) is 16.0 Å². The summed E-state index contributed by atoms with van der Waals surface area (Å²) in [5.74, 6) is 1.74. The van der Waals surface area contributed by atoms with E-state index in [1.165, 1.54) is 0 Å². The molecule has 1 atom stereocenters. The topological polar surface area (TPSA) is 55.2 Å². The first-order chi connectivity index (χ1) is 8.49. The van der Waals surface area contributed by atoms with Crippen LogP contribution in [0.3, 0.4) is 0 Å². The largest absolute Gasteiger partial charge is 0.366 e. The Kier molecular flexibility index (Phi) is 4.93. The fourth-order valence-electron chi connectivity index (χ4n) is 1.48. The van der Waals surface area contributed by atoms with E-state index in [2.05, 4.69) is 11.2 Å². The molecule has 1 unspecified atom stereocenters. The molecular weight excluding hydrogens is 259 g/mol. The summed E-state index contributed by atoms with van der Waals surface area (Å²) in [7, 11) is 0. The summed E-state index contributed by atoms with van der Waals surface area (Å²) in [6.45, 7) is 1.93.